The zero-order chi connectivity index (χ0) is 11.0. The van der Waals surface area contributed by atoms with Gasteiger partial charge < -0.3 is 0 Å². The largest absolute Gasteiger partial charge is 0.266 e. The van der Waals surface area contributed by atoms with Crippen LogP contribution in [0.25, 0.3) is 11.3 Å². The normalized spacial score (nSPS) is 10.7. The molecule has 1 aromatic carbocycles. The van der Waals surface area contributed by atoms with Crippen molar-refractivity contribution >= 4 is 11.6 Å². The van der Waals surface area contributed by atoms with Crippen molar-refractivity contribution in [3.63, 3.8) is 0 Å². The van der Waals surface area contributed by atoms with Crippen LogP contribution in [0, 0.1) is 13.8 Å². The summed E-state index contributed by atoms with van der Waals surface area (Å²) in [4.78, 5) is 0. The van der Waals surface area contributed by atoms with Crippen molar-refractivity contribution in [3.8, 4) is 11.3 Å². The fourth-order valence-corrected chi connectivity index (χ4v) is 1.93. The number of halogens is 1. The van der Waals surface area contributed by atoms with Crippen molar-refractivity contribution in [2.24, 2.45) is 7.05 Å². The molecule has 0 saturated carbocycles. The van der Waals surface area contributed by atoms with E-state index in [4.69, 9.17) is 11.6 Å². The highest BCUT2D eigenvalue weighted by Crippen LogP contribution is 2.29. The van der Waals surface area contributed by atoms with Gasteiger partial charge in [-0.1, -0.05) is 41.4 Å². The summed E-state index contributed by atoms with van der Waals surface area (Å²) in [5.74, 6) is 0. The van der Waals surface area contributed by atoms with Gasteiger partial charge in [-0.2, -0.15) is 5.10 Å². The maximum atomic E-state index is 6.21. The van der Waals surface area contributed by atoms with E-state index in [1.165, 1.54) is 5.56 Å². The zero-order valence-electron chi connectivity index (χ0n) is 9.08. The molecule has 78 valence electrons. The molecule has 0 aliphatic heterocycles. The van der Waals surface area contributed by atoms with Crippen molar-refractivity contribution in [1.29, 1.82) is 0 Å². The van der Waals surface area contributed by atoms with E-state index in [-0.39, 0.29) is 0 Å². The highest BCUT2D eigenvalue weighted by Gasteiger charge is 2.12. The Bertz CT molecular complexity index is 483. The molecule has 1 aromatic heterocycles. The Hall–Kier alpha value is -1.28. The summed E-state index contributed by atoms with van der Waals surface area (Å²) in [6.45, 7) is 3.99. The molecule has 15 heavy (non-hydrogen) atoms. The van der Waals surface area contributed by atoms with E-state index in [0.717, 1.165) is 22.0 Å². The molecule has 2 aromatic rings. The van der Waals surface area contributed by atoms with E-state index in [0.29, 0.717) is 0 Å². The van der Waals surface area contributed by atoms with Crippen molar-refractivity contribution in [3.05, 3.63) is 40.5 Å². The summed E-state index contributed by atoms with van der Waals surface area (Å²) in [6.07, 6.45) is 0. The molecule has 0 saturated heterocycles. The first-order chi connectivity index (χ1) is 7.09. The maximum Gasteiger partial charge on any atom is 0.0894 e. The molecule has 2 rings (SSSR count). The minimum absolute atomic E-state index is 0.737. The van der Waals surface area contributed by atoms with Crippen LogP contribution >= 0.6 is 11.6 Å². The Kier molecular flexibility index (Phi) is 2.53. The molecule has 0 spiro atoms. The quantitative estimate of drug-likeness (QED) is 0.721. The Labute approximate surface area is 94.5 Å². The van der Waals surface area contributed by atoms with Gasteiger partial charge in [-0.3, -0.25) is 4.68 Å². The van der Waals surface area contributed by atoms with Gasteiger partial charge in [0, 0.05) is 12.6 Å². The lowest BCUT2D eigenvalue weighted by molar-refractivity contribution is 0.764. The molecule has 0 N–H and O–H groups in total. The highest BCUT2D eigenvalue weighted by molar-refractivity contribution is 6.33. The summed E-state index contributed by atoms with van der Waals surface area (Å²) in [5, 5.41) is 5.03. The minimum Gasteiger partial charge on any atom is -0.266 e. The van der Waals surface area contributed by atoms with Gasteiger partial charge in [0.05, 0.1) is 16.4 Å². The third-order valence-corrected chi connectivity index (χ3v) is 2.93. The van der Waals surface area contributed by atoms with Crippen molar-refractivity contribution in [2.75, 3.05) is 0 Å². The number of hydrogen-bond acceptors (Lipinski definition) is 1. The van der Waals surface area contributed by atoms with E-state index in [9.17, 15) is 0 Å². The summed E-state index contributed by atoms with van der Waals surface area (Å²) < 4.78 is 1.82. The van der Waals surface area contributed by atoms with Gasteiger partial charge >= 0.3 is 0 Å². The van der Waals surface area contributed by atoms with E-state index < -0.39 is 0 Å². The van der Waals surface area contributed by atoms with Crippen LogP contribution in [0.2, 0.25) is 5.02 Å². The molecule has 0 aliphatic rings. The topological polar surface area (TPSA) is 17.8 Å². The molecular weight excluding hydrogens is 208 g/mol. The van der Waals surface area contributed by atoms with Crippen LogP contribution in [0.5, 0.6) is 0 Å². The molecule has 0 amide bonds. The second-order valence-corrected chi connectivity index (χ2v) is 4.12. The predicted octanol–water partition coefficient (Wildman–Crippen LogP) is 3.36. The predicted molar refractivity (Wildman–Crippen MR) is 63.1 cm³/mol. The van der Waals surface area contributed by atoms with Crippen LogP contribution in [-0.2, 0) is 7.05 Å². The number of aryl methyl sites for hydroxylation is 3. The van der Waals surface area contributed by atoms with Gasteiger partial charge in [-0.25, -0.2) is 0 Å². The fourth-order valence-electron chi connectivity index (χ4n) is 1.66. The number of aromatic nitrogens is 2. The Morgan fingerprint density at radius 1 is 1.13 bits per heavy atom. The van der Waals surface area contributed by atoms with E-state index in [1.54, 1.807) is 0 Å². The molecule has 1 heterocycles. The third kappa shape index (κ3) is 1.77. The van der Waals surface area contributed by atoms with Gasteiger partial charge in [0.25, 0.3) is 0 Å². The first kappa shape index (κ1) is 10.2. The number of rotatable bonds is 1. The molecule has 0 atom stereocenters. The molecule has 0 bridgehead atoms. The van der Waals surface area contributed by atoms with Crippen LogP contribution in [0.3, 0.4) is 0 Å². The zero-order valence-corrected chi connectivity index (χ0v) is 9.84. The van der Waals surface area contributed by atoms with Crippen LogP contribution < -0.4 is 0 Å². The average molecular weight is 221 g/mol. The average Bonchev–Trinajstić information content (AvgIpc) is 2.44. The number of nitrogens with zero attached hydrogens (tertiary/aromatic N) is 2. The van der Waals surface area contributed by atoms with Gasteiger partial charge in [-0.05, 0) is 13.8 Å². The second kappa shape index (κ2) is 3.70. The third-order valence-electron chi connectivity index (χ3n) is 2.47. The SMILES string of the molecule is Cc1ccc(-c2c(Cl)c(C)nn2C)cc1. The second-order valence-electron chi connectivity index (χ2n) is 3.74. The van der Waals surface area contributed by atoms with Crippen molar-refractivity contribution < 1.29 is 0 Å². The van der Waals surface area contributed by atoms with Crippen LogP contribution in [0.15, 0.2) is 24.3 Å². The summed E-state index contributed by atoms with van der Waals surface area (Å²) in [5.41, 5.74) is 4.20. The number of benzene rings is 1. The molecule has 2 nitrogen and oxygen atoms in total. The molecule has 0 radical (unpaired) electrons. The van der Waals surface area contributed by atoms with E-state index in [1.807, 2.05) is 18.7 Å². The van der Waals surface area contributed by atoms with E-state index in [2.05, 4.69) is 36.3 Å². The van der Waals surface area contributed by atoms with E-state index >= 15 is 0 Å². The van der Waals surface area contributed by atoms with Gasteiger partial charge in [0.15, 0.2) is 0 Å². The van der Waals surface area contributed by atoms with Crippen LogP contribution in [0.1, 0.15) is 11.3 Å². The van der Waals surface area contributed by atoms with Gasteiger partial charge in [0.2, 0.25) is 0 Å². The summed E-state index contributed by atoms with van der Waals surface area (Å²) in [6, 6.07) is 8.29. The number of hydrogen-bond donors (Lipinski definition) is 0. The Morgan fingerprint density at radius 2 is 1.73 bits per heavy atom. The highest BCUT2D eigenvalue weighted by atomic mass is 35.5. The van der Waals surface area contributed by atoms with Gasteiger partial charge in [0.1, 0.15) is 0 Å². The van der Waals surface area contributed by atoms with Crippen molar-refractivity contribution in [2.45, 2.75) is 13.8 Å². The smallest absolute Gasteiger partial charge is 0.0894 e. The first-order valence-corrected chi connectivity index (χ1v) is 5.23. The molecule has 0 fully saturated rings. The monoisotopic (exact) mass is 220 g/mol. The van der Waals surface area contributed by atoms with Crippen LogP contribution in [0.4, 0.5) is 0 Å². The van der Waals surface area contributed by atoms with Gasteiger partial charge in [-0.15, -0.1) is 0 Å². The molecule has 0 aliphatic carbocycles. The maximum absolute atomic E-state index is 6.21. The lowest BCUT2D eigenvalue weighted by Crippen LogP contribution is -1.93. The van der Waals surface area contributed by atoms with Crippen molar-refractivity contribution in [1.82, 2.24) is 9.78 Å². The molecule has 0 unspecified atom stereocenters. The Morgan fingerprint density at radius 3 is 2.20 bits per heavy atom. The fraction of sp³-hybridized carbons (Fsp3) is 0.250. The first-order valence-electron chi connectivity index (χ1n) is 4.85. The van der Waals surface area contributed by atoms with Crippen LogP contribution in [-0.4, -0.2) is 9.78 Å². The lowest BCUT2D eigenvalue weighted by atomic mass is 10.1. The summed E-state index contributed by atoms with van der Waals surface area (Å²) >= 11 is 6.21. The summed E-state index contributed by atoms with van der Waals surface area (Å²) in [7, 11) is 1.91. The lowest BCUT2D eigenvalue weighted by Gasteiger charge is -2.03. The molecular formula is C12H13ClN2. The standard InChI is InChI=1S/C12H13ClN2/c1-8-4-6-10(7-5-8)12-11(13)9(2)14-15(12)3/h4-7H,1-3H3. The minimum atomic E-state index is 0.737. The molecule has 3 heteroatoms. The Balaban J connectivity index is 2.58.